The van der Waals surface area contributed by atoms with Gasteiger partial charge in [0.05, 0.1) is 22.2 Å². The predicted molar refractivity (Wildman–Crippen MR) is 107 cm³/mol. The summed E-state index contributed by atoms with van der Waals surface area (Å²) >= 11 is 6.25. The van der Waals surface area contributed by atoms with Crippen molar-refractivity contribution >= 4 is 34.3 Å². The molecule has 3 aromatic rings. The topological polar surface area (TPSA) is 77.5 Å². The van der Waals surface area contributed by atoms with Crippen molar-refractivity contribution in [1.29, 1.82) is 0 Å². The molecule has 0 atom stereocenters. The maximum absolute atomic E-state index is 6.25. The lowest BCUT2D eigenvalue weighted by atomic mass is 10.3. The Morgan fingerprint density at radius 1 is 1.27 bits per heavy atom. The number of aliphatic imine (C=N–C) groups is 1. The van der Waals surface area contributed by atoms with E-state index in [4.69, 9.17) is 22.1 Å². The number of nitrogens with two attached hydrogens (primary N) is 1. The van der Waals surface area contributed by atoms with E-state index in [0.717, 1.165) is 28.3 Å². The van der Waals surface area contributed by atoms with Gasteiger partial charge < -0.3 is 20.4 Å². The standard InChI is InChI=1S/C19H22ClN5O/c1-12(2)26-14-9-7-13(8-10-14)23-19(21)22-11-17-24-16-6-4-5-15(20)18(16)25(17)3/h4-10,12H,11H2,1-3H3,(H3,21,22,23). The molecule has 0 bridgehead atoms. The fourth-order valence-electron chi connectivity index (χ4n) is 2.64. The molecule has 0 aliphatic carbocycles. The molecule has 0 aliphatic heterocycles. The first-order valence-corrected chi connectivity index (χ1v) is 8.75. The second-order valence-corrected chi connectivity index (χ2v) is 6.62. The summed E-state index contributed by atoms with van der Waals surface area (Å²) in [5.41, 5.74) is 8.57. The number of nitrogens with zero attached hydrogens (tertiary/aromatic N) is 3. The van der Waals surface area contributed by atoms with E-state index in [2.05, 4.69) is 15.3 Å². The molecule has 0 spiro atoms. The van der Waals surface area contributed by atoms with E-state index in [-0.39, 0.29) is 6.10 Å². The Balaban J connectivity index is 1.69. The van der Waals surface area contributed by atoms with Crippen LogP contribution in [-0.2, 0) is 13.6 Å². The maximum Gasteiger partial charge on any atom is 0.193 e. The molecule has 3 rings (SSSR count). The number of hydrogen-bond acceptors (Lipinski definition) is 3. The molecular formula is C19H22ClN5O. The number of para-hydroxylation sites is 1. The molecule has 2 aromatic carbocycles. The van der Waals surface area contributed by atoms with E-state index in [0.29, 0.717) is 17.5 Å². The van der Waals surface area contributed by atoms with Crippen LogP contribution in [0.25, 0.3) is 11.0 Å². The van der Waals surface area contributed by atoms with Gasteiger partial charge in [-0.25, -0.2) is 9.98 Å². The van der Waals surface area contributed by atoms with Crippen LogP contribution in [0.3, 0.4) is 0 Å². The number of rotatable bonds is 5. The van der Waals surface area contributed by atoms with Gasteiger partial charge in [-0.2, -0.15) is 0 Å². The van der Waals surface area contributed by atoms with Crippen LogP contribution in [0.5, 0.6) is 5.75 Å². The number of fused-ring (bicyclic) bond motifs is 1. The fourth-order valence-corrected chi connectivity index (χ4v) is 2.94. The SMILES string of the molecule is CC(C)Oc1ccc(NC(N)=NCc2nc3cccc(Cl)c3n2C)cc1. The third-order valence-electron chi connectivity index (χ3n) is 3.83. The highest BCUT2D eigenvalue weighted by Gasteiger charge is 2.10. The van der Waals surface area contributed by atoms with Gasteiger partial charge in [0.2, 0.25) is 0 Å². The number of ether oxygens (including phenoxy) is 1. The summed E-state index contributed by atoms with van der Waals surface area (Å²) < 4.78 is 7.56. The Bertz CT molecular complexity index is 931. The highest BCUT2D eigenvalue weighted by molar-refractivity contribution is 6.35. The lowest BCUT2D eigenvalue weighted by Crippen LogP contribution is -2.22. The lowest BCUT2D eigenvalue weighted by molar-refractivity contribution is 0.242. The Hall–Kier alpha value is -2.73. The number of aromatic nitrogens is 2. The van der Waals surface area contributed by atoms with Crippen LogP contribution in [-0.4, -0.2) is 21.6 Å². The molecule has 0 saturated heterocycles. The Labute approximate surface area is 157 Å². The molecule has 0 amide bonds. The minimum absolute atomic E-state index is 0.141. The van der Waals surface area contributed by atoms with Gasteiger partial charge in [-0.3, -0.25) is 0 Å². The van der Waals surface area contributed by atoms with Gasteiger partial charge in [0.15, 0.2) is 5.96 Å². The number of anilines is 1. The highest BCUT2D eigenvalue weighted by Crippen LogP contribution is 2.23. The average molecular weight is 372 g/mol. The largest absolute Gasteiger partial charge is 0.491 e. The molecule has 3 N–H and O–H groups in total. The maximum atomic E-state index is 6.25. The number of hydrogen-bond donors (Lipinski definition) is 2. The Kier molecular flexibility index (Phi) is 5.32. The highest BCUT2D eigenvalue weighted by atomic mass is 35.5. The molecule has 0 radical (unpaired) electrons. The summed E-state index contributed by atoms with van der Waals surface area (Å²) in [4.78, 5) is 8.93. The zero-order chi connectivity index (χ0) is 18.7. The molecule has 0 unspecified atom stereocenters. The molecule has 0 aliphatic rings. The number of guanidine groups is 1. The van der Waals surface area contributed by atoms with Crippen LogP contribution in [0.15, 0.2) is 47.5 Å². The average Bonchev–Trinajstić information content (AvgIpc) is 2.92. The van der Waals surface area contributed by atoms with E-state index in [1.54, 1.807) is 0 Å². The van der Waals surface area contributed by atoms with Crippen molar-refractivity contribution in [2.75, 3.05) is 5.32 Å². The van der Waals surface area contributed by atoms with Crippen molar-refractivity contribution in [1.82, 2.24) is 9.55 Å². The van der Waals surface area contributed by atoms with Crippen LogP contribution in [0.2, 0.25) is 5.02 Å². The van der Waals surface area contributed by atoms with Gasteiger partial charge >= 0.3 is 0 Å². The second-order valence-electron chi connectivity index (χ2n) is 6.21. The summed E-state index contributed by atoms with van der Waals surface area (Å²) in [6.07, 6.45) is 0.141. The van der Waals surface area contributed by atoms with Crippen LogP contribution >= 0.6 is 11.6 Å². The molecule has 136 valence electrons. The number of aryl methyl sites for hydroxylation is 1. The first-order chi connectivity index (χ1) is 12.4. The van der Waals surface area contributed by atoms with Crippen molar-refractivity contribution in [2.24, 2.45) is 17.8 Å². The van der Waals surface area contributed by atoms with Crippen molar-refractivity contribution in [2.45, 2.75) is 26.5 Å². The van der Waals surface area contributed by atoms with E-state index < -0.39 is 0 Å². The molecule has 1 aromatic heterocycles. The molecule has 6 nitrogen and oxygen atoms in total. The smallest absolute Gasteiger partial charge is 0.193 e. The number of halogens is 1. The second kappa shape index (κ2) is 7.66. The van der Waals surface area contributed by atoms with Gasteiger partial charge in [0.1, 0.15) is 18.1 Å². The van der Waals surface area contributed by atoms with Crippen LogP contribution in [0.4, 0.5) is 5.69 Å². The van der Waals surface area contributed by atoms with Crippen LogP contribution < -0.4 is 15.8 Å². The fraction of sp³-hybridized carbons (Fsp3) is 0.263. The predicted octanol–water partition coefficient (Wildman–Crippen LogP) is 3.94. The monoisotopic (exact) mass is 371 g/mol. The number of imidazole rings is 1. The Morgan fingerprint density at radius 3 is 2.65 bits per heavy atom. The third kappa shape index (κ3) is 4.08. The minimum Gasteiger partial charge on any atom is -0.491 e. The van der Waals surface area contributed by atoms with E-state index >= 15 is 0 Å². The van der Waals surface area contributed by atoms with E-state index in [9.17, 15) is 0 Å². The molecule has 26 heavy (non-hydrogen) atoms. The van der Waals surface area contributed by atoms with Crippen molar-refractivity contribution < 1.29 is 4.74 Å². The molecule has 0 fully saturated rings. The van der Waals surface area contributed by atoms with Gasteiger partial charge in [0, 0.05) is 12.7 Å². The zero-order valence-electron chi connectivity index (χ0n) is 15.0. The van der Waals surface area contributed by atoms with Crippen molar-refractivity contribution in [3.63, 3.8) is 0 Å². The first kappa shape index (κ1) is 18.1. The molecule has 7 heteroatoms. The minimum atomic E-state index is 0.141. The van der Waals surface area contributed by atoms with E-state index in [1.807, 2.05) is 67.9 Å². The van der Waals surface area contributed by atoms with Crippen molar-refractivity contribution in [3.8, 4) is 5.75 Å². The zero-order valence-corrected chi connectivity index (χ0v) is 15.8. The Morgan fingerprint density at radius 2 is 2.00 bits per heavy atom. The van der Waals surface area contributed by atoms with E-state index in [1.165, 1.54) is 0 Å². The summed E-state index contributed by atoms with van der Waals surface area (Å²) in [5, 5.41) is 3.74. The number of benzene rings is 2. The molecule has 1 heterocycles. The summed E-state index contributed by atoms with van der Waals surface area (Å²) in [7, 11) is 1.92. The molecule has 0 saturated carbocycles. The summed E-state index contributed by atoms with van der Waals surface area (Å²) in [5.74, 6) is 1.93. The van der Waals surface area contributed by atoms with Gasteiger partial charge in [-0.1, -0.05) is 17.7 Å². The van der Waals surface area contributed by atoms with Gasteiger partial charge in [-0.15, -0.1) is 0 Å². The molecular weight excluding hydrogens is 350 g/mol. The number of nitrogens with one attached hydrogen (secondary N) is 1. The van der Waals surface area contributed by atoms with Crippen LogP contribution in [0.1, 0.15) is 19.7 Å². The quantitative estimate of drug-likeness (QED) is 0.526. The van der Waals surface area contributed by atoms with Crippen LogP contribution in [0, 0.1) is 0 Å². The first-order valence-electron chi connectivity index (χ1n) is 8.37. The lowest BCUT2D eigenvalue weighted by Gasteiger charge is -2.11. The summed E-state index contributed by atoms with van der Waals surface area (Å²) in [6.45, 7) is 4.34. The third-order valence-corrected chi connectivity index (χ3v) is 4.13. The normalized spacial score (nSPS) is 12.0. The van der Waals surface area contributed by atoms with Gasteiger partial charge in [0.25, 0.3) is 0 Å². The van der Waals surface area contributed by atoms with Crippen molar-refractivity contribution in [3.05, 3.63) is 53.3 Å². The summed E-state index contributed by atoms with van der Waals surface area (Å²) in [6, 6.07) is 13.2. The van der Waals surface area contributed by atoms with Gasteiger partial charge in [-0.05, 0) is 50.2 Å².